The van der Waals surface area contributed by atoms with Crippen molar-refractivity contribution < 1.29 is 22.8 Å². The molecule has 0 saturated carbocycles. The summed E-state index contributed by atoms with van der Waals surface area (Å²) >= 11 is 0. The minimum absolute atomic E-state index is 0.173. The van der Waals surface area contributed by atoms with Crippen LogP contribution in [0.3, 0.4) is 0 Å². The van der Waals surface area contributed by atoms with Gasteiger partial charge in [0.15, 0.2) is 0 Å². The van der Waals surface area contributed by atoms with Crippen molar-refractivity contribution in [3.05, 3.63) is 66.2 Å². The Kier molecular flexibility index (Phi) is 8.67. The summed E-state index contributed by atoms with van der Waals surface area (Å²) in [4.78, 5) is 30.3. The molecule has 2 aliphatic heterocycles. The molecule has 1 atom stereocenters. The van der Waals surface area contributed by atoms with Gasteiger partial charge in [0, 0.05) is 25.2 Å². The van der Waals surface area contributed by atoms with Crippen molar-refractivity contribution in [2.45, 2.75) is 38.3 Å². The maximum absolute atomic E-state index is 13.4. The summed E-state index contributed by atoms with van der Waals surface area (Å²) in [6.07, 6.45) is -0.479. The van der Waals surface area contributed by atoms with E-state index in [1.807, 2.05) is 36.4 Å². The maximum atomic E-state index is 13.4. The summed E-state index contributed by atoms with van der Waals surface area (Å²) in [6, 6.07) is 19.8. The highest BCUT2D eigenvalue weighted by Crippen LogP contribution is 2.27. The molecule has 8 heteroatoms. The minimum Gasteiger partial charge on any atom is -0.333 e. The number of hydrogen-bond donors (Lipinski definition) is 0. The third-order valence-electron chi connectivity index (χ3n) is 7.20. The number of carbonyl (C=O) groups excluding carboxylic acids is 2. The number of hydrogen-bond acceptors (Lipinski definition) is 3. The Morgan fingerprint density at radius 3 is 2.25 bits per heavy atom. The van der Waals surface area contributed by atoms with Crippen LogP contribution in [0.4, 0.5) is 18.9 Å². The second-order valence-electron chi connectivity index (χ2n) is 9.94. The Hall–Kier alpha value is -2.87. The summed E-state index contributed by atoms with van der Waals surface area (Å²) in [5.74, 6) is -0.961. The lowest BCUT2D eigenvalue weighted by atomic mass is 9.90. The molecule has 0 spiro atoms. The first kappa shape index (κ1) is 26.2. The van der Waals surface area contributed by atoms with Crippen LogP contribution in [-0.2, 0) is 16.0 Å². The van der Waals surface area contributed by atoms with E-state index in [1.54, 1.807) is 4.90 Å². The zero-order valence-electron chi connectivity index (χ0n) is 20.5. The summed E-state index contributed by atoms with van der Waals surface area (Å²) in [7, 11) is 0. The Morgan fingerprint density at radius 1 is 0.972 bits per heavy atom. The SMILES string of the molecule is O=C1CC(C(=O)N(CCCN2CCC(Cc3ccccc3)CC2)c2ccccc2)CN1CC(F)(F)F. The van der Waals surface area contributed by atoms with E-state index in [1.165, 1.54) is 5.56 Å². The molecule has 2 aliphatic rings. The van der Waals surface area contributed by atoms with Crippen molar-refractivity contribution >= 4 is 17.5 Å². The molecule has 0 aromatic heterocycles. The molecule has 194 valence electrons. The molecule has 1 unspecified atom stereocenters. The molecule has 0 radical (unpaired) electrons. The van der Waals surface area contributed by atoms with Crippen LogP contribution in [0.5, 0.6) is 0 Å². The number of benzene rings is 2. The highest BCUT2D eigenvalue weighted by molar-refractivity contribution is 5.99. The van der Waals surface area contributed by atoms with E-state index in [2.05, 4.69) is 29.2 Å². The topological polar surface area (TPSA) is 43.9 Å². The Morgan fingerprint density at radius 2 is 1.61 bits per heavy atom. The number of piperidine rings is 1. The molecular weight excluding hydrogens is 467 g/mol. The van der Waals surface area contributed by atoms with E-state index in [0.717, 1.165) is 50.2 Å². The third kappa shape index (κ3) is 7.32. The Balaban J connectivity index is 1.29. The van der Waals surface area contributed by atoms with Crippen molar-refractivity contribution in [1.29, 1.82) is 0 Å². The number of para-hydroxylation sites is 1. The average molecular weight is 502 g/mol. The lowest BCUT2D eigenvalue weighted by Crippen LogP contribution is -2.41. The number of alkyl halides is 3. The van der Waals surface area contributed by atoms with Gasteiger partial charge >= 0.3 is 6.18 Å². The van der Waals surface area contributed by atoms with Gasteiger partial charge in [0.1, 0.15) is 6.54 Å². The number of nitrogens with zero attached hydrogens (tertiary/aromatic N) is 3. The first-order chi connectivity index (χ1) is 17.3. The number of carbonyl (C=O) groups is 2. The number of rotatable bonds is 9. The van der Waals surface area contributed by atoms with Crippen LogP contribution in [0.2, 0.25) is 0 Å². The van der Waals surface area contributed by atoms with Gasteiger partial charge in [-0.1, -0.05) is 48.5 Å². The van der Waals surface area contributed by atoms with Gasteiger partial charge in [-0.2, -0.15) is 13.2 Å². The predicted octanol–water partition coefficient (Wildman–Crippen LogP) is 4.78. The average Bonchev–Trinajstić information content (AvgIpc) is 3.22. The largest absolute Gasteiger partial charge is 0.406 e. The summed E-state index contributed by atoms with van der Waals surface area (Å²) < 4.78 is 38.4. The Labute approximate surface area is 210 Å². The maximum Gasteiger partial charge on any atom is 0.406 e. The normalized spacial score (nSPS) is 19.6. The Bertz CT molecular complexity index is 992. The molecule has 0 bridgehead atoms. The fourth-order valence-corrected chi connectivity index (χ4v) is 5.32. The highest BCUT2D eigenvalue weighted by Gasteiger charge is 2.41. The third-order valence-corrected chi connectivity index (χ3v) is 7.20. The van der Waals surface area contributed by atoms with E-state index in [0.29, 0.717) is 18.2 Å². The van der Waals surface area contributed by atoms with Crippen LogP contribution >= 0.6 is 0 Å². The highest BCUT2D eigenvalue weighted by atomic mass is 19.4. The van der Waals surface area contributed by atoms with Crippen LogP contribution in [0.1, 0.15) is 31.2 Å². The fourth-order valence-electron chi connectivity index (χ4n) is 5.32. The van der Waals surface area contributed by atoms with Gasteiger partial charge in [-0.15, -0.1) is 0 Å². The van der Waals surface area contributed by atoms with E-state index < -0.39 is 24.5 Å². The molecule has 2 saturated heterocycles. The van der Waals surface area contributed by atoms with Crippen molar-refractivity contribution in [2.75, 3.05) is 44.2 Å². The van der Waals surface area contributed by atoms with Crippen molar-refractivity contribution in [3.63, 3.8) is 0 Å². The lowest BCUT2D eigenvalue weighted by molar-refractivity contribution is -0.157. The molecule has 2 heterocycles. The smallest absolute Gasteiger partial charge is 0.333 e. The van der Waals surface area contributed by atoms with Gasteiger partial charge in [0.25, 0.3) is 0 Å². The first-order valence-corrected chi connectivity index (χ1v) is 12.8. The quantitative estimate of drug-likeness (QED) is 0.497. The molecule has 0 N–H and O–H groups in total. The molecule has 2 fully saturated rings. The molecule has 2 aromatic rings. The van der Waals surface area contributed by atoms with E-state index >= 15 is 0 Å². The van der Waals surface area contributed by atoms with E-state index in [-0.39, 0.29) is 18.9 Å². The molecule has 4 rings (SSSR count). The number of halogens is 3. The summed E-state index contributed by atoms with van der Waals surface area (Å²) in [5.41, 5.74) is 2.10. The molecule has 0 aliphatic carbocycles. The molecule has 2 amide bonds. The van der Waals surface area contributed by atoms with Crippen LogP contribution in [0.15, 0.2) is 60.7 Å². The van der Waals surface area contributed by atoms with Gasteiger partial charge in [-0.05, 0) is 68.9 Å². The molecule has 36 heavy (non-hydrogen) atoms. The summed E-state index contributed by atoms with van der Waals surface area (Å²) in [6.45, 7) is 1.90. The van der Waals surface area contributed by atoms with Gasteiger partial charge in [0.05, 0.1) is 5.92 Å². The van der Waals surface area contributed by atoms with Gasteiger partial charge in [-0.25, -0.2) is 0 Å². The van der Waals surface area contributed by atoms with Crippen LogP contribution in [0, 0.1) is 11.8 Å². The number of likely N-dealkylation sites (tertiary alicyclic amines) is 2. The van der Waals surface area contributed by atoms with Gasteiger partial charge in [-0.3, -0.25) is 9.59 Å². The summed E-state index contributed by atoms with van der Waals surface area (Å²) in [5, 5.41) is 0. The van der Waals surface area contributed by atoms with Crippen molar-refractivity contribution in [1.82, 2.24) is 9.80 Å². The fraction of sp³-hybridized carbons (Fsp3) is 0.500. The zero-order chi connectivity index (χ0) is 25.5. The monoisotopic (exact) mass is 501 g/mol. The second-order valence-corrected chi connectivity index (χ2v) is 9.94. The first-order valence-electron chi connectivity index (χ1n) is 12.8. The van der Waals surface area contributed by atoms with Crippen molar-refractivity contribution in [3.8, 4) is 0 Å². The zero-order valence-corrected chi connectivity index (χ0v) is 20.5. The predicted molar refractivity (Wildman–Crippen MR) is 133 cm³/mol. The number of anilines is 1. The van der Waals surface area contributed by atoms with Crippen molar-refractivity contribution in [2.24, 2.45) is 11.8 Å². The number of amides is 2. The van der Waals surface area contributed by atoms with Gasteiger partial charge in [0.2, 0.25) is 11.8 Å². The van der Waals surface area contributed by atoms with Gasteiger partial charge < -0.3 is 14.7 Å². The minimum atomic E-state index is -4.47. The standard InChI is InChI=1S/C28H34F3N3O2/c29-28(30,31)21-33-20-24(19-26(33)35)27(36)34(25-10-5-2-6-11-25)15-7-14-32-16-12-23(13-17-32)18-22-8-3-1-4-9-22/h1-6,8-11,23-24H,7,12-21H2. The molecular formula is C28H34F3N3O2. The van der Waals surface area contributed by atoms with E-state index in [9.17, 15) is 22.8 Å². The second kappa shape index (κ2) is 11.9. The molecule has 5 nitrogen and oxygen atoms in total. The lowest BCUT2D eigenvalue weighted by Gasteiger charge is -2.33. The van der Waals surface area contributed by atoms with E-state index in [4.69, 9.17) is 0 Å². The van der Waals surface area contributed by atoms with Crippen LogP contribution in [-0.4, -0.2) is 67.1 Å². The van der Waals surface area contributed by atoms with Crippen LogP contribution in [0.25, 0.3) is 0 Å². The van der Waals surface area contributed by atoms with Crippen LogP contribution < -0.4 is 4.90 Å². The molecule has 2 aromatic carbocycles.